The minimum absolute atomic E-state index is 0. The van der Waals surface area contributed by atoms with E-state index in [2.05, 4.69) is 4.98 Å². The van der Waals surface area contributed by atoms with Crippen molar-refractivity contribution < 1.29 is 33.3 Å². The van der Waals surface area contributed by atoms with Gasteiger partial charge in [0.15, 0.2) is 11.5 Å². The molecule has 0 bridgehead atoms. The van der Waals surface area contributed by atoms with Crippen molar-refractivity contribution in [3.8, 4) is 17.2 Å². The topological polar surface area (TPSA) is 93.2 Å². The SMILES string of the molecule is COc1cc(C(=O)OC(C(=O)OCc2ccccn2)c2ccccc2)cc(OC)c1OC.Cl. The highest BCUT2D eigenvalue weighted by Gasteiger charge is 2.28. The summed E-state index contributed by atoms with van der Waals surface area (Å²) in [7, 11) is 4.34. The Kier molecular flexibility index (Phi) is 9.50. The summed E-state index contributed by atoms with van der Waals surface area (Å²) in [6, 6.07) is 16.8. The molecule has 3 rings (SSSR count). The number of aromatic nitrogens is 1. The van der Waals surface area contributed by atoms with Gasteiger partial charge in [-0.2, -0.15) is 0 Å². The summed E-state index contributed by atoms with van der Waals surface area (Å²) < 4.78 is 26.8. The van der Waals surface area contributed by atoms with Crippen LogP contribution in [0.3, 0.4) is 0 Å². The van der Waals surface area contributed by atoms with Crippen molar-refractivity contribution in [2.75, 3.05) is 21.3 Å². The minimum Gasteiger partial charge on any atom is -0.493 e. The molecular weight excluding hydrogens is 450 g/mol. The number of benzene rings is 2. The maximum atomic E-state index is 12.9. The predicted octanol–water partition coefficient (Wildman–Crippen LogP) is 4.17. The Morgan fingerprint density at radius 1 is 0.879 bits per heavy atom. The fraction of sp³-hybridized carbons (Fsp3) is 0.208. The molecule has 3 aromatic rings. The van der Waals surface area contributed by atoms with E-state index in [1.54, 1.807) is 54.7 Å². The molecule has 0 aliphatic carbocycles. The number of hydrogen-bond donors (Lipinski definition) is 0. The molecule has 1 heterocycles. The van der Waals surface area contributed by atoms with Crippen molar-refractivity contribution in [1.82, 2.24) is 4.98 Å². The molecule has 0 saturated carbocycles. The van der Waals surface area contributed by atoms with Crippen molar-refractivity contribution >= 4 is 24.3 Å². The van der Waals surface area contributed by atoms with Gasteiger partial charge in [0.2, 0.25) is 11.9 Å². The van der Waals surface area contributed by atoms with Crippen LogP contribution >= 0.6 is 12.4 Å². The molecule has 0 amide bonds. The second kappa shape index (κ2) is 12.3. The van der Waals surface area contributed by atoms with Gasteiger partial charge in [0.25, 0.3) is 0 Å². The normalized spacial score (nSPS) is 10.9. The van der Waals surface area contributed by atoms with Crippen LogP contribution in [0.4, 0.5) is 0 Å². The van der Waals surface area contributed by atoms with Gasteiger partial charge in [-0.15, -0.1) is 12.4 Å². The largest absolute Gasteiger partial charge is 0.493 e. The van der Waals surface area contributed by atoms with E-state index in [0.29, 0.717) is 17.0 Å². The van der Waals surface area contributed by atoms with Crippen molar-refractivity contribution in [2.45, 2.75) is 12.7 Å². The van der Waals surface area contributed by atoms with Crippen molar-refractivity contribution in [1.29, 1.82) is 0 Å². The van der Waals surface area contributed by atoms with Gasteiger partial charge in [-0.05, 0) is 24.3 Å². The molecule has 0 spiro atoms. The van der Waals surface area contributed by atoms with Crippen molar-refractivity contribution in [3.63, 3.8) is 0 Å². The third-order valence-corrected chi connectivity index (χ3v) is 4.53. The number of nitrogens with zero attached hydrogens (tertiary/aromatic N) is 1. The molecule has 1 unspecified atom stereocenters. The Morgan fingerprint density at radius 2 is 1.52 bits per heavy atom. The van der Waals surface area contributed by atoms with E-state index in [1.165, 1.54) is 33.5 Å². The second-order valence-corrected chi connectivity index (χ2v) is 6.54. The first-order valence-corrected chi connectivity index (χ1v) is 9.69. The quantitative estimate of drug-likeness (QED) is 0.427. The lowest BCUT2D eigenvalue weighted by molar-refractivity contribution is -0.156. The number of pyridine rings is 1. The summed E-state index contributed by atoms with van der Waals surface area (Å²) in [5.74, 6) is -0.572. The summed E-state index contributed by atoms with van der Waals surface area (Å²) in [5.41, 5.74) is 1.17. The van der Waals surface area contributed by atoms with Crippen LogP contribution < -0.4 is 14.2 Å². The van der Waals surface area contributed by atoms with Gasteiger partial charge in [-0.1, -0.05) is 36.4 Å². The van der Waals surface area contributed by atoms with Crippen LogP contribution in [-0.2, 0) is 20.9 Å². The maximum absolute atomic E-state index is 12.9. The molecular formula is C24H24ClNO7. The first-order valence-electron chi connectivity index (χ1n) is 9.69. The van der Waals surface area contributed by atoms with Gasteiger partial charge in [0.1, 0.15) is 6.61 Å². The molecule has 1 atom stereocenters. The lowest BCUT2D eigenvalue weighted by atomic mass is 10.1. The minimum atomic E-state index is -1.27. The number of ether oxygens (including phenoxy) is 5. The predicted molar refractivity (Wildman–Crippen MR) is 122 cm³/mol. The molecule has 8 nitrogen and oxygen atoms in total. The Labute approximate surface area is 197 Å². The highest BCUT2D eigenvalue weighted by molar-refractivity contribution is 5.93. The molecule has 0 aliphatic rings. The zero-order valence-electron chi connectivity index (χ0n) is 18.3. The molecule has 0 N–H and O–H groups in total. The van der Waals surface area contributed by atoms with Crippen LogP contribution in [0.15, 0.2) is 66.9 Å². The van der Waals surface area contributed by atoms with E-state index in [-0.39, 0.29) is 36.1 Å². The molecule has 0 aliphatic heterocycles. The second-order valence-electron chi connectivity index (χ2n) is 6.54. The summed E-state index contributed by atoms with van der Waals surface area (Å²) in [6.45, 7) is -0.0509. The fourth-order valence-corrected chi connectivity index (χ4v) is 2.96. The lowest BCUT2D eigenvalue weighted by Gasteiger charge is -2.18. The lowest BCUT2D eigenvalue weighted by Crippen LogP contribution is -2.22. The molecule has 33 heavy (non-hydrogen) atoms. The van der Waals surface area contributed by atoms with Crippen LogP contribution in [-0.4, -0.2) is 38.3 Å². The number of methoxy groups -OCH3 is 3. The number of carbonyl (C=O) groups excluding carboxylic acids is 2. The number of rotatable bonds is 9. The smallest absolute Gasteiger partial charge is 0.352 e. The molecule has 174 valence electrons. The molecule has 0 fully saturated rings. The van der Waals surface area contributed by atoms with E-state index >= 15 is 0 Å². The summed E-state index contributed by atoms with van der Waals surface area (Å²) >= 11 is 0. The van der Waals surface area contributed by atoms with Crippen molar-refractivity contribution in [3.05, 3.63) is 83.7 Å². The summed E-state index contributed by atoms with van der Waals surface area (Å²) in [4.78, 5) is 29.9. The van der Waals surface area contributed by atoms with E-state index < -0.39 is 18.0 Å². The third kappa shape index (κ3) is 6.36. The first-order chi connectivity index (χ1) is 15.6. The number of hydrogen-bond acceptors (Lipinski definition) is 8. The highest BCUT2D eigenvalue weighted by Crippen LogP contribution is 2.38. The number of carbonyl (C=O) groups is 2. The average Bonchev–Trinajstić information content (AvgIpc) is 2.85. The molecule has 0 saturated heterocycles. The monoisotopic (exact) mass is 473 g/mol. The fourth-order valence-electron chi connectivity index (χ4n) is 2.96. The maximum Gasteiger partial charge on any atom is 0.352 e. The van der Waals surface area contributed by atoms with Crippen molar-refractivity contribution in [2.24, 2.45) is 0 Å². The molecule has 9 heteroatoms. The Hall–Kier alpha value is -3.78. The van der Waals surface area contributed by atoms with E-state index in [4.69, 9.17) is 23.7 Å². The van der Waals surface area contributed by atoms with Crippen LogP contribution in [0.2, 0.25) is 0 Å². The molecule has 2 aromatic carbocycles. The standard InChI is InChI=1S/C24H23NO7.ClH/c1-28-19-13-17(14-20(29-2)22(19)30-3)23(26)32-21(16-9-5-4-6-10-16)24(27)31-15-18-11-7-8-12-25-18;/h4-14,21H,15H2,1-3H3;1H. The zero-order chi connectivity index (χ0) is 22.9. The van der Waals surface area contributed by atoms with Crippen LogP contribution in [0, 0.1) is 0 Å². The van der Waals surface area contributed by atoms with Crippen LogP contribution in [0.25, 0.3) is 0 Å². The average molecular weight is 474 g/mol. The first kappa shape index (κ1) is 25.5. The van der Waals surface area contributed by atoms with Gasteiger partial charge in [0.05, 0.1) is 32.6 Å². The van der Waals surface area contributed by atoms with Crippen LogP contribution in [0.1, 0.15) is 27.7 Å². The zero-order valence-corrected chi connectivity index (χ0v) is 19.2. The molecule has 1 aromatic heterocycles. The van der Waals surface area contributed by atoms with E-state index in [0.717, 1.165) is 0 Å². The third-order valence-electron chi connectivity index (χ3n) is 4.53. The van der Waals surface area contributed by atoms with Gasteiger partial charge >= 0.3 is 11.9 Å². The number of esters is 2. The number of halogens is 1. The summed E-state index contributed by atoms with van der Waals surface area (Å²) in [5, 5.41) is 0. The molecule has 0 radical (unpaired) electrons. The highest BCUT2D eigenvalue weighted by atomic mass is 35.5. The van der Waals surface area contributed by atoms with Gasteiger partial charge < -0.3 is 23.7 Å². The Morgan fingerprint density at radius 3 is 2.06 bits per heavy atom. The van der Waals surface area contributed by atoms with Crippen LogP contribution in [0.5, 0.6) is 17.2 Å². The summed E-state index contributed by atoms with van der Waals surface area (Å²) in [6.07, 6.45) is 0.328. The van der Waals surface area contributed by atoms with Gasteiger partial charge in [-0.3, -0.25) is 4.98 Å². The van der Waals surface area contributed by atoms with E-state index in [9.17, 15) is 9.59 Å². The van der Waals surface area contributed by atoms with E-state index in [1.807, 2.05) is 0 Å². The Balaban J connectivity index is 0.00000385. The van der Waals surface area contributed by atoms with Gasteiger partial charge in [0, 0.05) is 11.8 Å². The Bertz CT molecular complexity index is 1040. The van der Waals surface area contributed by atoms with Gasteiger partial charge in [-0.25, -0.2) is 9.59 Å².